The number of rotatable bonds is 17. The highest BCUT2D eigenvalue weighted by molar-refractivity contribution is 5.89. The van der Waals surface area contributed by atoms with Crippen LogP contribution >= 0.6 is 0 Å². The minimum atomic E-state index is -5.38. The highest BCUT2D eigenvalue weighted by Gasteiger charge is 2.54. The fourth-order valence-corrected chi connectivity index (χ4v) is 7.53. The molecule has 15 nitrogen and oxygen atoms in total. The number of aromatic amines is 1. The standard InChI is InChI=1S/C44H45F6N5O10/c1-63-31-17-13-29(14-18-31)42(28-10-4-3-5-11-28,30-15-19-32(64-2)20-16-30)25-41(26-56)34(57)23-35(65-41)55-24-27(36(58)54-40(55)62)9-8-22-51-37(59)33(53-39(61)44(48,49)50)12-6-7-21-52-38(60)43(45,46)47/h3-5,10-11,13-20,24,33-35,56-57H,6-7,12,21-23,25-26H2,1-2H3,(H,51,59)(H,52,60)(H,53,61)(H,54,58,62)/t33?,34?,35-,41?/m1/s1. The largest absolute Gasteiger partial charge is 0.497 e. The number of unbranched alkanes of at least 4 members (excludes halogenated alkanes) is 1. The first-order chi connectivity index (χ1) is 30.8. The topological polar surface area (TPSA) is 210 Å². The Hall–Kier alpha value is -6.63. The van der Waals surface area contributed by atoms with Crippen molar-refractivity contribution in [1.29, 1.82) is 0 Å². The monoisotopic (exact) mass is 917 g/mol. The second-order valence-corrected chi connectivity index (χ2v) is 15.0. The quantitative estimate of drug-likeness (QED) is 0.0394. The summed E-state index contributed by atoms with van der Waals surface area (Å²) in [6, 6.07) is 22.0. The van der Waals surface area contributed by atoms with Gasteiger partial charge in [0, 0.05) is 24.6 Å². The minimum Gasteiger partial charge on any atom is -0.497 e. The van der Waals surface area contributed by atoms with Gasteiger partial charge < -0.3 is 40.4 Å². The molecule has 2 heterocycles. The number of ether oxygens (including phenoxy) is 3. The van der Waals surface area contributed by atoms with Crippen LogP contribution in [-0.4, -0.2) is 102 Å². The van der Waals surface area contributed by atoms with Crippen LogP contribution in [0.5, 0.6) is 11.5 Å². The number of carbonyl (C=O) groups is 3. The molecule has 21 heteroatoms. The fraction of sp³-hybridized carbons (Fsp3) is 0.386. The minimum absolute atomic E-state index is 0.0830. The first kappa shape index (κ1) is 49.4. The summed E-state index contributed by atoms with van der Waals surface area (Å²) in [6.45, 7) is -1.84. The number of nitrogens with one attached hydrogen (secondary N) is 4. The van der Waals surface area contributed by atoms with E-state index in [0.29, 0.717) is 11.5 Å². The molecule has 1 aliphatic heterocycles. The average Bonchev–Trinajstić information content (AvgIpc) is 3.61. The number of benzene rings is 3. The number of aromatic nitrogens is 2. The predicted molar refractivity (Wildman–Crippen MR) is 220 cm³/mol. The van der Waals surface area contributed by atoms with Gasteiger partial charge in [-0.1, -0.05) is 66.4 Å². The molecule has 1 aromatic heterocycles. The molecular formula is C44H45F6N5O10. The second-order valence-electron chi connectivity index (χ2n) is 15.0. The lowest BCUT2D eigenvalue weighted by molar-refractivity contribution is -0.174. The van der Waals surface area contributed by atoms with E-state index in [1.807, 2.05) is 54.6 Å². The van der Waals surface area contributed by atoms with Crippen molar-refractivity contribution in [1.82, 2.24) is 25.5 Å². The van der Waals surface area contributed by atoms with Crippen LogP contribution in [0.15, 0.2) is 94.6 Å². The molecule has 65 heavy (non-hydrogen) atoms. The number of nitrogens with zero attached hydrogens (tertiary/aromatic N) is 1. The Morgan fingerprint density at radius 2 is 1.43 bits per heavy atom. The third-order valence-electron chi connectivity index (χ3n) is 10.9. The van der Waals surface area contributed by atoms with E-state index >= 15 is 0 Å². The Bertz CT molecular complexity index is 2420. The third-order valence-corrected chi connectivity index (χ3v) is 10.9. The van der Waals surface area contributed by atoms with Gasteiger partial charge in [0.15, 0.2) is 0 Å². The summed E-state index contributed by atoms with van der Waals surface area (Å²) in [6.07, 6.45) is -13.3. The summed E-state index contributed by atoms with van der Waals surface area (Å²) in [5.74, 6) is 0.200. The number of H-pyrrole nitrogens is 1. The van der Waals surface area contributed by atoms with Crippen LogP contribution in [0.2, 0.25) is 0 Å². The molecule has 0 bridgehead atoms. The van der Waals surface area contributed by atoms with Crippen LogP contribution in [0.4, 0.5) is 26.3 Å². The molecule has 6 N–H and O–H groups in total. The van der Waals surface area contributed by atoms with Crippen LogP contribution in [0.3, 0.4) is 0 Å². The van der Waals surface area contributed by atoms with Crippen LogP contribution < -0.4 is 36.7 Å². The van der Waals surface area contributed by atoms with Crippen molar-refractivity contribution in [3.63, 3.8) is 0 Å². The number of alkyl halides is 6. The number of aliphatic hydroxyl groups excluding tert-OH is 2. The van der Waals surface area contributed by atoms with E-state index in [1.54, 1.807) is 29.6 Å². The molecule has 1 aliphatic rings. The van der Waals surface area contributed by atoms with Crippen LogP contribution in [-0.2, 0) is 24.5 Å². The number of amides is 3. The molecule has 5 rings (SSSR count). The smallest absolute Gasteiger partial charge is 0.471 e. The second kappa shape index (κ2) is 20.9. The lowest BCUT2D eigenvalue weighted by atomic mass is 9.63. The predicted octanol–water partition coefficient (Wildman–Crippen LogP) is 3.35. The molecule has 0 spiro atoms. The van der Waals surface area contributed by atoms with E-state index in [4.69, 9.17) is 14.2 Å². The summed E-state index contributed by atoms with van der Waals surface area (Å²) in [5, 5.41) is 28.3. The summed E-state index contributed by atoms with van der Waals surface area (Å²) < 4.78 is 94.6. The van der Waals surface area contributed by atoms with E-state index < -0.39 is 96.8 Å². The van der Waals surface area contributed by atoms with E-state index in [0.717, 1.165) is 27.5 Å². The molecule has 1 saturated heterocycles. The molecule has 1 fully saturated rings. The van der Waals surface area contributed by atoms with Gasteiger partial charge in [-0.15, -0.1) is 0 Å². The summed E-state index contributed by atoms with van der Waals surface area (Å²) in [4.78, 5) is 63.7. The molecule has 3 amide bonds. The Morgan fingerprint density at radius 1 is 0.862 bits per heavy atom. The lowest BCUT2D eigenvalue weighted by Crippen LogP contribution is -2.50. The van der Waals surface area contributed by atoms with Gasteiger partial charge in [-0.25, -0.2) is 4.79 Å². The fourth-order valence-electron chi connectivity index (χ4n) is 7.53. The van der Waals surface area contributed by atoms with Crippen LogP contribution in [0.1, 0.15) is 60.6 Å². The van der Waals surface area contributed by atoms with Crippen molar-refractivity contribution in [2.24, 2.45) is 0 Å². The Labute approximate surface area is 367 Å². The van der Waals surface area contributed by atoms with Gasteiger partial charge in [0.25, 0.3) is 5.56 Å². The van der Waals surface area contributed by atoms with Gasteiger partial charge in [0.1, 0.15) is 34.9 Å². The van der Waals surface area contributed by atoms with Crippen molar-refractivity contribution < 1.29 is 65.1 Å². The van der Waals surface area contributed by atoms with Crippen molar-refractivity contribution in [2.45, 2.75) is 73.8 Å². The van der Waals surface area contributed by atoms with Crippen molar-refractivity contribution >= 4 is 17.7 Å². The summed E-state index contributed by atoms with van der Waals surface area (Å²) in [7, 11) is 3.05. The lowest BCUT2D eigenvalue weighted by Gasteiger charge is -2.43. The number of hydrogen-bond acceptors (Lipinski definition) is 10. The maximum atomic E-state index is 13.3. The number of carbonyl (C=O) groups excluding carboxylic acids is 3. The summed E-state index contributed by atoms with van der Waals surface area (Å²) in [5.41, 5.74) is -2.91. The van der Waals surface area contributed by atoms with Gasteiger partial charge in [-0.3, -0.25) is 28.7 Å². The number of aliphatic hydroxyl groups is 2. The van der Waals surface area contributed by atoms with E-state index in [1.165, 1.54) is 19.5 Å². The highest BCUT2D eigenvalue weighted by Crippen LogP contribution is 2.51. The van der Waals surface area contributed by atoms with E-state index in [9.17, 15) is 60.5 Å². The SMILES string of the molecule is COc1ccc(C(CC2(CO)O[C@@H](n3cc(C#CCNC(=O)C(CCCCNC(=O)C(F)(F)F)NC(=O)C(F)(F)F)c(=O)[nH]c3=O)CC2O)(c2ccccc2)c2ccc(OC)cc2)cc1. The molecule has 0 aliphatic carbocycles. The zero-order valence-electron chi connectivity index (χ0n) is 34.8. The third kappa shape index (κ3) is 11.7. The number of hydrogen-bond donors (Lipinski definition) is 6. The van der Waals surface area contributed by atoms with Gasteiger partial charge in [-0.05, 0) is 66.6 Å². The van der Waals surface area contributed by atoms with Gasteiger partial charge in [0.2, 0.25) is 5.91 Å². The zero-order valence-corrected chi connectivity index (χ0v) is 34.8. The Kier molecular flexibility index (Phi) is 15.9. The van der Waals surface area contributed by atoms with Gasteiger partial charge >= 0.3 is 29.9 Å². The number of halogens is 6. The first-order valence-corrected chi connectivity index (χ1v) is 19.9. The van der Waals surface area contributed by atoms with E-state index in [-0.39, 0.29) is 31.2 Å². The average molecular weight is 918 g/mol. The summed E-state index contributed by atoms with van der Waals surface area (Å²) >= 11 is 0. The molecular weight excluding hydrogens is 872 g/mol. The van der Waals surface area contributed by atoms with Gasteiger partial charge in [-0.2, -0.15) is 26.3 Å². The number of methoxy groups -OCH3 is 2. The van der Waals surface area contributed by atoms with E-state index in [2.05, 4.69) is 22.1 Å². The van der Waals surface area contributed by atoms with Crippen molar-refractivity contribution in [3.05, 3.63) is 128 Å². The highest BCUT2D eigenvalue weighted by atomic mass is 19.4. The van der Waals surface area contributed by atoms with Crippen LogP contribution in [0, 0.1) is 11.8 Å². The Morgan fingerprint density at radius 3 is 1.97 bits per heavy atom. The Balaban J connectivity index is 1.39. The molecule has 0 radical (unpaired) electrons. The van der Waals surface area contributed by atoms with Crippen molar-refractivity contribution in [3.8, 4) is 23.3 Å². The first-order valence-electron chi connectivity index (χ1n) is 19.9. The molecule has 3 unspecified atom stereocenters. The maximum absolute atomic E-state index is 13.3. The van der Waals surface area contributed by atoms with Gasteiger partial charge in [0.05, 0.1) is 33.5 Å². The van der Waals surface area contributed by atoms with Crippen LogP contribution in [0.25, 0.3) is 0 Å². The molecule has 4 atom stereocenters. The normalized spacial score (nSPS) is 17.9. The molecule has 4 aromatic rings. The zero-order chi connectivity index (χ0) is 47.6. The molecule has 348 valence electrons. The maximum Gasteiger partial charge on any atom is 0.471 e. The molecule has 0 saturated carbocycles. The van der Waals surface area contributed by atoms with Crippen molar-refractivity contribution in [2.75, 3.05) is 33.9 Å². The molecule has 3 aromatic carbocycles.